The molecule has 0 amide bonds. The summed E-state index contributed by atoms with van der Waals surface area (Å²) in [5.74, 6) is 0.222. The molecule has 0 radical (unpaired) electrons. The summed E-state index contributed by atoms with van der Waals surface area (Å²) in [6.07, 6.45) is 3.45. The van der Waals surface area contributed by atoms with Gasteiger partial charge in [0.25, 0.3) is 0 Å². The molecule has 0 bridgehead atoms. The first-order chi connectivity index (χ1) is 6.22. The maximum atomic E-state index is 9.12. The number of aliphatic hydroxyl groups is 1. The van der Waals surface area contributed by atoms with Gasteiger partial charge >= 0.3 is 0 Å². The van der Waals surface area contributed by atoms with Gasteiger partial charge < -0.3 is 15.9 Å². The molecule has 0 aliphatic carbocycles. The highest BCUT2D eigenvalue weighted by Crippen LogP contribution is 2.11. The van der Waals surface area contributed by atoms with Crippen molar-refractivity contribution >= 4 is 6.08 Å². The van der Waals surface area contributed by atoms with Gasteiger partial charge in [0.05, 0.1) is 6.61 Å². The van der Waals surface area contributed by atoms with Gasteiger partial charge in [-0.3, -0.25) is 0 Å². The topological polar surface area (TPSA) is 66.5 Å². The second-order valence-corrected chi connectivity index (χ2v) is 2.80. The minimum Gasteiger partial charge on any atom is -0.508 e. The van der Waals surface area contributed by atoms with Gasteiger partial charge in [0.15, 0.2) is 0 Å². The van der Waals surface area contributed by atoms with Gasteiger partial charge in [-0.15, -0.1) is 0 Å². The van der Waals surface area contributed by atoms with Gasteiger partial charge in [0, 0.05) is 6.04 Å². The minimum atomic E-state index is -0.345. The van der Waals surface area contributed by atoms with Crippen LogP contribution in [0.1, 0.15) is 5.56 Å². The van der Waals surface area contributed by atoms with Crippen LogP contribution in [0.25, 0.3) is 6.08 Å². The average molecular weight is 179 g/mol. The van der Waals surface area contributed by atoms with Crippen LogP contribution in [-0.4, -0.2) is 22.9 Å². The van der Waals surface area contributed by atoms with E-state index in [1.165, 1.54) is 0 Å². The van der Waals surface area contributed by atoms with Crippen LogP contribution >= 0.6 is 0 Å². The number of phenols is 1. The van der Waals surface area contributed by atoms with Gasteiger partial charge in [0.1, 0.15) is 5.75 Å². The van der Waals surface area contributed by atoms with E-state index in [-0.39, 0.29) is 18.4 Å². The normalized spacial score (nSPS) is 13.4. The van der Waals surface area contributed by atoms with E-state index in [0.717, 1.165) is 5.56 Å². The number of hydrogen-bond donors (Lipinski definition) is 3. The summed E-state index contributed by atoms with van der Waals surface area (Å²) in [4.78, 5) is 0. The lowest BCUT2D eigenvalue weighted by molar-refractivity contribution is 0.284. The predicted molar refractivity (Wildman–Crippen MR) is 52.2 cm³/mol. The molecule has 0 aliphatic rings. The highest BCUT2D eigenvalue weighted by Gasteiger charge is 1.93. The molecule has 0 saturated carbocycles. The highest BCUT2D eigenvalue weighted by atomic mass is 16.3. The Morgan fingerprint density at radius 2 is 2.23 bits per heavy atom. The predicted octanol–water partition coefficient (Wildman–Crippen LogP) is 0.725. The molecule has 0 heterocycles. The van der Waals surface area contributed by atoms with E-state index in [4.69, 9.17) is 15.9 Å². The largest absolute Gasteiger partial charge is 0.508 e. The highest BCUT2D eigenvalue weighted by molar-refractivity contribution is 5.51. The third kappa shape index (κ3) is 3.27. The fourth-order valence-electron chi connectivity index (χ4n) is 0.924. The van der Waals surface area contributed by atoms with Crippen molar-refractivity contribution in [3.05, 3.63) is 35.9 Å². The molecule has 0 saturated heterocycles. The first-order valence-electron chi connectivity index (χ1n) is 4.06. The molecule has 1 aromatic carbocycles. The van der Waals surface area contributed by atoms with Crippen molar-refractivity contribution in [1.82, 2.24) is 0 Å². The maximum absolute atomic E-state index is 9.12. The van der Waals surface area contributed by atoms with Crippen molar-refractivity contribution in [3.63, 3.8) is 0 Å². The fraction of sp³-hybridized carbons (Fsp3) is 0.200. The zero-order valence-electron chi connectivity index (χ0n) is 7.22. The van der Waals surface area contributed by atoms with Crippen LogP contribution in [-0.2, 0) is 0 Å². The Balaban J connectivity index is 2.68. The van der Waals surface area contributed by atoms with Crippen molar-refractivity contribution < 1.29 is 10.2 Å². The lowest BCUT2D eigenvalue weighted by Crippen LogP contribution is -2.20. The molecule has 0 aromatic heterocycles. The number of aliphatic hydroxyl groups excluding tert-OH is 1. The van der Waals surface area contributed by atoms with Gasteiger partial charge in [0.2, 0.25) is 0 Å². The molecule has 1 atom stereocenters. The number of hydrogen-bond acceptors (Lipinski definition) is 3. The summed E-state index contributed by atoms with van der Waals surface area (Å²) in [5, 5.41) is 17.8. The van der Waals surface area contributed by atoms with Gasteiger partial charge in [-0.05, 0) is 17.7 Å². The standard InChI is InChI=1S/C10H13NO2/c11-9(7-12)5-4-8-2-1-3-10(13)6-8/h1-6,9,12-13H,7,11H2/b5-4+. The van der Waals surface area contributed by atoms with Crippen molar-refractivity contribution in [2.24, 2.45) is 5.73 Å². The lowest BCUT2D eigenvalue weighted by Gasteiger charge is -1.99. The summed E-state index contributed by atoms with van der Waals surface area (Å²) in [6, 6.07) is 6.48. The maximum Gasteiger partial charge on any atom is 0.116 e. The Morgan fingerprint density at radius 1 is 1.46 bits per heavy atom. The molecule has 4 N–H and O–H groups in total. The number of aromatic hydroxyl groups is 1. The molecule has 0 fully saturated rings. The SMILES string of the molecule is NC(/C=C/c1cccc(O)c1)CO. The van der Waals surface area contributed by atoms with Gasteiger partial charge in [-0.25, -0.2) is 0 Å². The van der Waals surface area contributed by atoms with E-state index in [9.17, 15) is 0 Å². The number of benzene rings is 1. The lowest BCUT2D eigenvalue weighted by atomic mass is 10.2. The van der Waals surface area contributed by atoms with Crippen LogP contribution < -0.4 is 5.73 Å². The van der Waals surface area contributed by atoms with Crippen molar-refractivity contribution in [2.75, 3.05) is 6.61 Å². The average Bonchev–Trinajstić information content (AvgIpc) is 2.14. The van der Waals surface area contributed by atoms with E-state index in [2.05, 4.69) is 0 Å². The van der Waals surface area contributed by atoms with Crippen LogP contribution in [0.2, 0.25) is 0 Å². The van der Waals surface area contributed by atoms with Crippen molar-refractivity contribution in [3.8, 4) is 5.75 Å². The molecule has 1 aromatic rings. The molecule has 70 valence electrons. The monoisotopic (exact) mass is 179 g/mol. The van der Waals surface area contributed by atoms with Gasteiger partial charge in [-0.2, -0.15) is 0 Å². The molecule has 1 unspecified atom stereocenters. The van der Waals surface area contributed by atoms with Crippen LogP contribution in [0, 0.1) is 0 Å². The molecular weight excluding hydrogens is 166 g/mol. The Kier molecular flexibility index (Phi) is 3.49. The van der Waals surface area contributed by atoms with Crippen LogP contribution in [0.5, 0.6) is 5.75 Å². The molecular formula is C10H13NO2. The van der Waals surface area contributed by atoms with E-state index in [0.29, 0.717) is 0 Å². The third-order valence-electron chi connectivity index (χ3n) is 1.62. The molecule has 1 rings (SSSR count). The first-order valence-corrected chi connectivity index (χ1v) is 4.06. The zero-order chi connectivity index (χ0) is 9.68. The van der Waals surface area contributed by atoms with Crippen LogP contribution in [0.15, 0.2) is 30.3 Å². The van der Waals surface area contributed by atoms with Gasteiger partial charge in [-0.1, -0.05) is 24.3 Å². The Morgan fingerprint density at radius 3 is 2.85 bits per heavy atom. The van der Waals surface area contributed by atoms with Crippen molar-refractivity contribution in [2.45, 2.75) is 6.04 Å². The molecule has 0 aliphatic heterocycles. The van der Waals surface area contributed by atoms with Crippen molar-refractivity contribution in [1.29, 1.82) is 0 Å². The van der Waals surface area contributed by atoms with E-state index in [1.54, 1.807) is 30.4 Å². The number of phenolic OH excluding ortho intramolecular Hbond substituents is 1. The summed E-state index contributed by atoms with van der Waals surface area (Å²) >= 11 is 0. The number of nitrogens with two attached hydrogens (primary N) is 1. The third-order valence-corrected chi connectivity index (χ3v) is 1.62. The molecule has 3 heteroatoms. The second-order valence-electron chi connectivity index (χ2n) is 2.80. The minimum absolute atomic E-state index is 0.0741. The van der Waals surface area contributed by atoms with E-state index < -0.39 is 0 Å². The summed E-state index contributed by atoms with van der Waals surface area (Å²) in [6.45, 7) is -0.0741. The molecule has 3 nitrogen and oxygen atoms in total. The van der Waals surface area contributed by atoms with E-state index in [1.807, 2.05) is 6.07 Å². The Labute approximate surface area is 77.1 Å². The quantitative estimate of drug-likeness (QED) is 0.640. The van der Waals surface area contributed by atoms with E-state index >= 15 is 0 Å². The Hall–Kier alpha value is -1.32. The van der Waals surface area contributed by atoms with Crippen LogP contribution in [0.4, 0.5) is 0 Å². The first kappa shape index (κ1) is 9.77. The smallest absolute Gasteiger partial charge is 0.116 e. The second kappa shape index (κ2) is 4.64. The summed E-state index contributed by atoms with van der Waals surface area (Å²) in [7, 11) is 0. The Bertz CT molecular complexity index is 297. The van der Waals surface area contributed by atoms with Crippen LogP contribution in [0.3, 0.4) is 0 Å². The summed E-state index contributed by atoms with van der Waals surface area (Å²) < 4.78 is 0. The fourth-order valence-corrected chi connectivity index (χ4v) is 0.924. The molecule has 13 heavy (non-hydrogen) atoms. The summed E-state index contributed by atoms with van der Waals surface area (Å²) in [5.41, 5.74) is 6.32. The zero-order valence-corrected chi connectivity index (χ0v) is 7.22. The number of rotatable bonds is 3. The molecule has 0 spiro atoms.